The summed E-state index contributed by atoms with van der Waals surface area (Å²) in [7, 11) is 0. The van der Waals surface area contributed by atoms with Crippen molar-refractivity contribution < 1.29 is 14.3 Å². The van der Waals surface area contributed by atoms with Gasteiger partial charge in [-0.25, -0.2) is 0 Å². The summed E-state index contributed by atoms with van der Waals surface area (Å²) in [5, 5.41) is 2.98. The van der Waals surface area contributed by atoms with Crippen LogP contribution in [0, 0.1) is 0 Å². The van der Waals surface area contributed by atoms with Gasteiger partial charge in [-0.3, -0.25) is 9.59 Å². The van der Waals surface area contributed by atoms with Gasteiger partial charge in [0.15, 0.2) is 0 Å². The number of rotatable bonds is 7. The molecule has 28 heavy (non-hydrogen) atoms. The van der Waals surface area contributed by atoms with Crippen LogP contribution >= 0.6 is 0 Å². The second-order valence-electron chi connectivity index (χ2n) is 6.84. The number of benzene rings is 2. The molecule has 3 rings (SSSR count). The molecule has 1 saturated heterocycles. The normalized spacial score (nSPS) is 13.8. The van der Waals surface area contributed by atoms with Crippen molar-refractivity contribution >= 4 is 23.2 Å². The summed E-state index contributed by atoms with van der Waals surface area (Å²) in [4.78, 5) is 28.4. The average molecular weight is 381 g/mol. The molecule has 6 nitrogen and oxygen atoms in total. The molecule has 1 N–H and O–H groups in total. The quantitative estimate of drug-likeness (QED) is 0.801. The molecule has 2 amide bonds. The minimum Gasteiger partial charge on any atom is -0.378 e. The number of nitrogens with one attached hydrogen (secondary N) is 1. The van der Waals surface area contributed by atoms with Gasteiger partial charge < -0.3 is 19.9 Å². The van der Waals surface area contributed by atoms with E-state index in [9.17, 15) is 9.59 Å². The zero-order chi connectivity index (χ0) is 19.8. The van der Waals surface area contributed by atoms with E-state index in [1.807, 2.05) is 54.6 Å². The summed E-state index contributed by atoms with van der Waals surface area (Å²) in [6.07, 6.45) is 0.720. The van der Waals surface area contributed by atoms with Crippen LogP contribution in [0.15, 0.2) is 54.6 Å². The first-order valence-electron chi connectivity index (χ1n) is 9.64. The Balaban J connectivity index is 1.61. The van der Waals surface area contributed by atoms with Crippen LogP contribution in [0.4, 0.5) is 11.4 Å². The molecule has 2 aromatic rings. The Hall–Kier alpha value is -2.86. The summed E-state index contributed by atoms with van der Waals surface area (Å²) in [6.45, 7) is 5.00. The minimum atomic E-state index is -0.191. The number of hydrogen-bond acceptors (Lipinski definition) is 4. The van der Waals surface area contributed by atoms with E-state index in [1.54, 1.807) is 4.90 Å². The van der Waals surface area contributed by atoms with Crippen molar-refractivity contribution in [2.75, 3.05) is 49.6 Å². The summed E-state index contributed by atoms with van der Waals surface area (Å²) in [5.74, 6) is -0.295. The average Bonchev–Trinajstić information content (AvgIpc) is 2.72. The van der Waals surface area contributed by atoms with Crippen LogP contribution in [0.5, 0.6) is 0 Å². The van der Waals surface area contributed by atoms with Crippen molar-refractivity contribution in [2.24, 2.45) is 0 Å². The van der Waals surface area contributed by atoms with Gasteiger partial charge in [0, 0.05) is 26.6 Å². The van der Waals surface area contributed by atoms with Gasteiger partial charge >= 0.3 is 0 Å². The first-order valence-corrected chi connectivity index (χ1v) is 9.64. The standard InChI is InChI=1S/C22H27N3O3/c1-18(26)25(12-11-19-7-3-2-4-8-19)17-22(27)23-20-9-5-6-10-21(20)24-13-15-28-16-14-24/h2-10H,11-17H2,1H3,(H,23,27). The lowest BCUT2D eigenvalue weighted by molar-refractivity contribution is -0.132. The van der Waals surface area contributed by atoms with E-state index in [-0.39, 0.29) is 18.4 Å². The molecule has 0 atom stereocenters. The van der Waals surface area contributed by atoms with Crippen molar-refractivity contribution in [1.29, 1.82) is 0 Å². The van der Waals surface area contributed by atoms with Crippen molar-refractivity contribution in [1.82, 2.24) is 4.90 Å². The Morgan fingerprint density at radius 3 is 2.43 bits per heavy atom. The molecular formula is C22H27N3O3. The Morgan fingerprint density at radius 1 is 1.04 bits per heavy atom. The molecule has 2 aromatic carbocycles. The van der Waals surface area contributed by atoms with Crippen LogP contribution in [0.1, 0.15) is 12.5 Å². The van der Waals surface area contributed by atoms with E-state index < -0.39 is 0 Å². The number of morpholine rings is 1. The van der Waals surface area contributed by atoms with Gasteiger partial charge in [-0.2, -0.15) is 0 Å². The number of carbonyl (C=O) groups is 2. The van der Waals surface area contributed by atoms with Gasteiger partial charge in [-0.1, -0.05) is 42.5 Å². The second-order valence-corrected chi connectivity index (χ2v) is 6.84. The van der Waals surface area contributed by atoms with E-state index in [2.05, 4.69) is 10.2 Å². The van der Waals surface area contributed by atoms with E-state index in [4.69, 9.17) is 4.74 Å². The third kappa shape index (κ3) is 5.57. The molecule has 1 heterocycles. The second kappa shape index (κ2) is 9.90. The minimum absolute atomic E-state index is 0.0413. The van der Waals surface area contributed by atoms with Gasteiger partial charge in [0.05, 0.1) is 31.1 Å². The molecule has 0 unspecified atom stereocenters. The highest BCUT2D eigenvalue weighted by Crippen LogP contribution is 2.26. The molecule has 0 bridgehead atoms. The Bertz CT molecular complexity index is 789. The van der Waals surface area contributed by atoms with Crippen molar-refractivity contribution in [2.45, 2.75) is 13.3 Å². The molecule has 0 saturated carbocycles. The lowest BCUT2D eigenvalue weighted by atomic mass is 10.1. The van der Waals surface area contributed by atoms with E-state index in [1.165, 1.54) is 6.92 Å². The van der Waals surface area contributed by atoms with Crippen LogP contribution in [0.2, 0.25) is 0 Å². The van der Waals surface area contributed by atoms with Gasteiger partial charge in [-0.15, -0.1) is 0 Å². The highest BCUT2D eigenvalue weighted by Gasteiger charge is 2.18. The predicted molar refractivity (Wildman–Crippen MR) is 111 cm³/mol. The van der Waals surface area contributed by atoms with Gasteiger partial charge in [0.2, 0.25) is 11.8 Å². The van der Waals surface area contributed by atoms with E-state index in [0.29, 0.717) is 19.8 Å². The third-order valence-electron chi connectivity index (χ3n) is 4.82. The van der Waals surface area contributed by atoms with Gasteiger partial charge in [-0.05, 0) is 24.1 Å². The topological polar surface area (TPSA) is 61.9 Å². The number of carbonyl (C=O) groups excluding carboxylic acids is 2. The molecular weight excluding hydrogens is 354 g/mol. The summed E-state index contributed by atoms with van der Waals surface area (Å²) >= 11 is 0. The zero-order valence-corrected chi connectivity index (χ0v) is 16.3. The van der Waals surface area contributed by atoms with Crippen LogP contribution < -0.4 is 10.2 Å². The molecule has 0 aromatic heterocycles. The SMILES string of the molecule is CC(=O)N(CCc1ccccc1)CC(=O)Nc1ccccc1N1CCOCC1. The Kier molecular flexibility index (Phi) is 7.03. The molecule has 0 aliphatic carbocycles. The fraction of sp³-hybridized carbons (Fsp3) is 0.364. The highest BCUT2D eigenvalue weighted by atomic mass is 16.5. The van der Waals surface area contributed by atoms with Crippen LogP contribution in [0.25, 0.3) is 0 Å². The maximum Gasteiger partial charge on any atom is 0.244 e. The number of para-hydroxylation sites is 2. The molecule has 0 radical (unpaired) electrons. The third-order valence-corrected chi connectivity index (χ3v) is 4.82. The lowest BCUT2D eigenvalue weighted by Gasteiger charge is -2.30. The fourth-order valence-corrected chi connectivity index (χ4v) is 3.28. The monoisotopic (exact) mass is 381 g/mol. The van der Waals surface area contributed by atoms with Gasteiger partial charge in [0.1, 0.15) is 0 Å². The van der Waals surface area contributed by atoms with E-state index >= 15 is 0 Å². The maximum atomic E-state index is 12.6. The fourth-order valence-electron chi connectivity index (χ4n) is 3.28. The summed E-state index contributed by atoms with van der Waals surface area (Å²) in [5.41, 5.74) is 2.89. The molecule has 6 heteroatoms. The first-order chi connectivity index (χ1) is 13.6. The largest absolute Gasteiger partial charge is 0.378 e. The molecule has 148 valence electrons. The number of ether oxygens (including phenoxy) is 1. The van der Waals surface area contributed by atoms with E-state index in [0.717, 1.165) is 36.4 Å². The first kappa shape index (κ1) is 19.9. The Labute approximate surface area is 166 Å². The van der Waals surface area contributed by atoms with Crippen LogP contribution in [-0.2, 0) is 20.7 Å². The van der Waals surface area contributed by atoms with Crippen LogP contribution in [-0.4, -0.2) is 56.1 Å². The smallest absolute Gasteiger partial charge is 0.244 e. The molecule has 1 aliphatic heterocycles. The maximum absolute atomic E-state index is 12.6. The number of hydrogen-bond donors (Lipinski definition) is 1. The number of anilines is 2. The summed E-state index contributed by atoms with van der Waals surface area (Å²) < 4.78 is 5.41. The van der Waals surface area contributed by atoms with Crippen molar-refractivity contribution in [3.8, 4) is 0 Å². The predicted octanol–water partition coefficient (Wildman–Crippen LogP) is 2.55. The highest BCUT2D eigenvalue weighted by molar-refractivity contribution is 5.97. The Morgan fingerprint density at radius 2 is 1.71 bits per heavy atom. The van der Waals surface area contributed by atoms with Gasteiger partial charge in [0.25, 0.3) is 0 Å². The number of amides is 2. The lowest BCUT2D eigenvalue weighted by Crippen LogP contribution is -2.39. The van der Waals surface area contributed by atoms with Crippen molar-refractivity contribution in [3.05, 3.63) is 60.2 Å². The zero-order valence-electron chi connectivity index (χ0n) is 16.3. The van der Waals surface area contributed by atoms with Crippen molar-refractivity contribution in [3.63, 3.8) is 0 Å². The molecule has 1 fully saturated rings. The molecule has 0 spiro atoms. The molecule has 1 aliphatic rings. The van der Waals surface area contributed by atoms with Crippen LogP contribution in [0.3, 0.4) is 0 Å². The summed E-state index contributed by atoms with van der Waals surface area (Å²) in [6, 6.07) is 17.7. The number of nitrogens with zero attached hydrogens (tertiary/aromatic N) is 2.